The molecular formula is C18H24N2O. The molecule has 0 spiro atoms. The monoisotopic (exact) mass is 284 g/mol. The van der Waals surface area contributed by atoms with E-state index in [4.69, 9.17) is 4.74 Å². The van der Waals surface area contributed by atoms with Crippen molar-refractivity contribution in [3.05, 3.63) is 66.0 Å². The van der Waals surface area contributed by atoms with Crippen molar-refractivity contribution in [2.24, 2.45) is 0 Å². The van der Waals surface area contributed by atoms with E-state index in [9.17, 15) is 0 Å². The highest BCUT2D eigenvalue weighted by molar-refractivity contribution is 5.30. The lowest BCUT2D eigenvalue weighted by atomic mass is 10.00. The van der Waals surface area contributed by atoms with Gasteiger partial charge < -0.3 is 10.1 Å². The Balaban J connectivity index is 2.04. The van der Waals surface area contributed by atoms with Crippen LogP contribution < -0.4 is 5.32 Å². The standard InChI is InChI=1S/C18H24N2O/c1-18(2,3)21-14-13-20-17(15-7-5-4-6-8-15)16-9-11-19-12-10-16/h4-12,17,20H,13-14H2,1-3H3. The van der Waals surface area contributed by atoms with Crippen LogP contribution in [0.25, 0.3) is 0 Å². The quantitative estimate of drug-likeness (QED) is 0.823. The highest BCUT2D eigenvalue weighted by Crippen LogP contribution is 2.21. The van der Waals surface area contributed by atoms with E-state index in [-0.39, 0.29) is 11.6 Å². The number of aromatic nitrogens is 1. The van der Waals surface area contributed by atoms with Crippen LogP contribution in [0.2, 0.25) is 0 Å². The third kappa shape index (κ3) is 5.29. The fourth-order valence-electron chi connectivity index (χ4n) is 2.19. The Kier molecular flexibility index (Phi) is 5.48. The van der Waals surface area contributed by atoms with Crippen LogP contribution in [0.1, 0.15) is 37.9 Å². The van der Waals surface area contributed by atoms with E-state index in [1.54, 1.807) is 0 Å². The van der Waals surface area contributed by atoms with E-state index in [1.165, 1.54) is 11.1 Å². The number of rotatable bonds is 6. The van der Waals surface area contributed by atoms with Gasteiger partial charge >= 0.3 is 0 Å². The minimum Gasteiger partial charge on any atom is -0.375 e. The Morgan fingerprint density at radius 1 is 1.00 bits per heavy atom. The van der Waals surface area contributed by atoms with Gasteiger partial charge in [0, 0.05) is 18.9 Å². The van der Waals surface area contributed by atoms with Crippen molar-refractivity contribution in [3.8, 4) is 0 Å². The first-order valence-electron chi connectivity index (χ1n) is 7.38. The number of nitrogens with zero attached hydrogens (tertiary/aromatic N) is 1. The fraction of sp³-hybridized carbons (Fsp3) is 0.389. The van der Waals surface area contributed by atoms with Gasteiger partial charge in [-0.25, -0.2) is 0 Å². The number of benzene rings is 1. The maximum Gasteiger partial charge on any atom is 0.0599 e. The second-order valence-electron chi connectivity index (χ2n) is 6.04. The van der Waals surface area contributed by atoms with Crippen molar-refractivity contribution in [2.45, 2.75) is 32.4 Å². The van der Waals surface area contributed by atoms with Crippen LogP contribution in [0.4, 0.5) is 0 Å². The van der Waals surface area contributed by atoms with Gasteiger partial charge in [-0.15, -0.1) is 0 Å². The molecule has 1 unspecified atom stereocenters. The Labute approximate surface area is 127 Å². The summed E-state index contributed by atoms with van der Waals surface area (Å²) in [5.41, 5.74) is 2.37. The largest absolute Gasteiger partial charge is 0.375 e. The molecule has 0 aliphatic heterocycles. The van der Waals surface area contributed by atoms with Gasteiger partial charge in [0.2, 0.25) is 0 Å². The lowest BCUT2D eigenvalue weighted by Crippen LogP contribution is -2.29. The van der Waals surface area contributed by atoms with Gasteiger partial charge in [0.25, 0.3) is 0 Å². The van der Waals surface area contributed by atoms with Gasteiger partial charge in [0.15, 0.2) is 0 Å². The first-order chi connectivity index (χ1) is 10.1. The molecule has 0 bridgehead atoms. The minimum atomic E-state index is -0.0966. The molecule has 2 rings (SSSR count). The number of pyridine rings is 1. The lowest BCUT2D eigenvalue weighted by molar-refractivity contribution is -0.00131. The van der Waals surface area contributed by atoms with E-state index in [0.29, 0.717) is 6.61 Å². The number of ether oxygens (including phenoxy) is 1. The molecular weight excluding hydrogens is 260 g/mol. The fourth-order valence-corrected chi connectivity index (χ4v) is 2.19. The second kappa shape index (κ2) is 7.34. The molecule has 0 saturated heterocycles. The molecule has 1 N–H and O–H groups in total. The van der Waals surface area contributed by atoms with E-state index in [0.717, 1.165) is 6.54 Å². The smallest absolute Gasteiger partial charge is 0.0599 e. The molecule has 112 valence electrons. The molecule has 1 atom stereocenters. The minimum absolute atomic E-state index is 0.0966. The summed E-state index contributed by atoms with van der Waals surface area (Å²) >= 11 is 0. The van der Waals surface area contributed by atoms with Crippen LogP contribution in [0.5, 0.6) is 0 Å². The number of hydrogen-bond acceptors (Lipinski definition) is 3. The summed E-state index contributed by atoms with van der Waals surface area (Å²) in [5.74, 6) is 0. The van der Waals surface area contributed by atoms with E-state index < -0.39 is 0 Å². The normalized spacial score (nSPS) is 13.1. The molecule has 0 fully saturated rings. The Bertz CT molecular complexity index is 480. The first-order valence-corrected chi connectivity index (χ1v) is 7.38. The Morgan fingerprint density at radius 3 is 2.24 bits per heavy atom. The molecule has 21 heavy (non-hydrogen) atoms. The van der Waals surface area contributed by atoms with E-state index in [1.807, 2.05) is 18.5 Å². The maximum atomic E-state index is 5.78. The van der Waals surface area contributed by atoms with Gasteiger partial charge in [-0.3, -0.25) is 4.98 Å². The van der Waals surface area contributed by atoms with Crippen molar-refractivity contribution in [2.75, 3.05) is 13.2 Å². The van der Waals surface area contributed by atoms with Crippen molar-refractivity contribution in [3.63, 3.8) is 0 Å². The lowest BCUT2D eigenvalue weighted by Gasteiger charge is -2.23. The van der Waals surface area contributed by atoms with E-state index >= 15 is 0 Å². The molecule has 0 aliphatic rings. The summed E-state index contributed by atoms with van der Waals surface area (Å²) in [6, 6.07) is 14.7. The molecule has 0 amide bonds. The molecule has 0 aliphatic carbocycles. The van der Waals surface area contributed by atoms with Gasteiger partial charge in [0.05, 0.1) is 18.2 Å². The molecule has 3 nitrogen and oxygen atoms in total. The molecule has 1 aromatic carbocycles. The van der Waals surface area contributed by atoms with Gasteiger partial charge in [-0.05, 0) is 44.0 Å². The zero-order valence-electron chi connectivity index (χ0n) is 13.0. The second-order valence-corrected chi connectivity index (χ2v) is 6.04. The third-order valence-corrected chi connectivity index (χ3v) is 3.16. The predicted molar refractivity (Wildman–Crippen MR) is 86.2 cm³/mol. The highest BCUT2D eigenvalue weighted by atomic mass is 16.5. The average molecular weight is 284 g/mol. The molecule has 2 aromatic rings. The highest BCUT2D eigenvalue weighted by Gasteiger charge is 2.14. The average Bonchev–Trinajstić information content (AvgIpc) is 2.48. The number of hydrogen-bond donors (Lipinski definition) is 1. The molecule has 3 heteroatoms. The van der Waals surface area contributed by atoms with Crippen molar-refractivity contribution >= 4 is 0 Å². The predicted octanol–water partition coefficient (Wildman–Crippen LogP) is 3.58. The van der Waals surface area contributed by atoms with Crippen LogP contribution in [0, 0.1) is 0 Å². The van der Waals surface area contributed by atoms with Gasteiger partial charge in [-0.1, -0.05) is 30.3 Å². The van der Waals surface area contributed by atoms with E-state index in [2.05, 4.69) is 67.5 Å². The summed E-state index contributed by atoms with van der Waals surface area (Å²) in [4.78, 5) is 4.10. The zero-order chi connectivity index (χ0) is 15.1. The summed E-state index contributed by atoms with van der Waals surface area (Å²) < 4.78 is 5.78. The first kappa shape index (κ1) is 15.7. The van der Waals surface area contributed by atoms with Crippen LogP contribution >= 0.6 is 0 Å². The van der Waals surface area contributed by atoms with Crippen molar-refractivity contribution < 1.29 is 4.74 Å². The Morgan fingerprint density at radius 2 is 1.62 bits per heavy atom. The van der Waals surface area contributed by atoms with Crippen LogP contribution in [0.15, 0.2) is 54.9 Å². The topological polar surface area (TPSA) is 34.1 Å². The zero-order valence-corrected chi connectivity index (χ0v) is 13.0. The molecule has 1 heterocycles. The summed E-state index contributed by atoms with van der Waals surface area (Å²) in [7, 11) is 0. The molecule has 1 aromatic heterocycles. The molecule has 0 saturated carbocycles. The molecule has 0 radical (unpaired) electrons. The third-order valence-electron chi connectivity index (χ3n) is 3.16. The van der Waals surface area contributed by atoms with Crippen LogP contribution in [-0.2, 0) is 4.74 Å². The van der Waals surface area contributed by atoms with Gasteiger partial charge in [0.1, 0.15) is 0 Å². The Hall–Kier alpha value is -1.71. The van der Waals surface area contributed by atoms with Gasteiger partial charge in [-0.2, -0.15) is 0 Å². The maximum absolute atomic E-state index is 5.78. The van der Waals surface area contributed by atoms with Crippen molar-refractivity contribution in [1.29, 1.82) is 0 Å². The van der Waals surface area contributed by atoms with Crippen molar-refractivity contribution in [1.82, 2.24) is 10.3 Å². The summed E-state index contributed by atoms with van der Waals surface area (Å²) in [5, 5.41) is 3.57. The SMILES string of the molecule is CC(C)(C)OCCNC(c1ccccc1)c1ccncc1. The van der Waals surface area contributed by atoms with Crippen LogP contribution in [-0.4, -0.2) is 23.7 Å². The number of nitrogens with one attached hydrogen (secondary N) is 1. The summed E-state index contributed by atoms with van der Waals surface area (Å²) in [6.07, 6.45) is 3.66. The summed E-state index contributed by atoms with van der Waals surface area (Å²) in [6.45, 7) is 7.72. The van der Waals surface area contributed by atoms with Crippen LogP contribution in [0.3, 0.4) is 0 Å².